The van der Waals surface area contributed by atoms with Gasteiger partial charge in [-0.2, -0.15) is 0 Å². The molecule has 23 heavy (non-hydrogen) atoms. The van der Waals surface area contributed by atoms with Gasteiger partial charge in [0.05, 0.1) is 0 Å². The minimum absolute atomic E-state index is 0.0619. The van der Waals surface area contributed by atoms with E-state index in [1.807, 2.05) is 55.5 Å². The van der Waals surface area contributed by atoms with Crippen LogP contribution in [0.15, 0.2) is 54.6 Å². The van der Waals surface area contributed by atoms with Gasteiger partial charge in [-0.25, -0.2) is 0 Å². The van der Waals surface area contributed by atoms with Gasteiger partial charge < -0.3 is 10.0 Å². The molecule has 0 bridgehead atoms. The average molecular weight is 311 g/mol. The number of carbonyl (C=O) groups is 2. The SMILES string of the molecule is Cc1cccc(C(=O)N(CCCC(=O)O)Cc2ccccc2)c1. The van der Waals surface area contributed by atoms with E-state index in [0.29, 0.717) is 25.1 Å². The Hall–Kier alpha value is -2.62. The lowest BCUT2D eigenvalue weighted by molar-refractivity contribution is -0.137. The molecule has 120 valence electrons. The quantitative estimate of drug-likeness (QED) is 0.851. The van der Waals surface area contributed by atoms with Crippen LogP contribution >= 0.6 is 0 Å². The summed E-state index contributed by atoms with van der Waals surface area (Å²) in [7, 11) is 0. The van der Waals surface area contributed by atoms with E-state index in [1.165, 1.54) is 0 Å². The van der Waals surface area contributed by atoms with Crippen LogP contribution in [0.5, 0.6) is 0 Å². The highest BCUT2D eigenvalue weighted by Crippen LogP contribution is 2.13. The van der Waals surface area contributed by atoms with Gasteiger partial charge in [-0.05, 0) is 31.0 Å². The number of carbonyl (C=O) groups excluding carboxylic acids is 1. The van der Waals surface area contributed by atoms with E-state index in [9.17, 15) is 9.59 Å². The molecule has 2 aromatic carbocycles. The van der Waals surface area contributed by atoms with Crippen LogP contribution in [0.4, 0.5) is 0 Å². The van der Waals surface area contributed by atoms with E-state index in [1.54, 1.807) is 11.0 Å². The molecule has 1 N–H and O–H groups in total. The first-order chi connectivity index (χ1) is 11.1. The van der Waals surface area contributed by atoms with Gasteiger partial charge in [0.2, 0.25) is 0 Å². The molecule has 0 saturated heterocycles. The predicted molar refractivity (Wildman–Crippen MR) is 89.2 cm³/mol. The Morgan fingerprint density at radius 1 is 1.04 bits per heavy atom. The standard InChI is InChI=1S/C19H21NO3/c1-15-7-5-10-17(13-15)19(23)20(12-6-11-18(21)22)14-16-8-3-2-4-9-16/h2-5,7-10,13H,6,11-12,14H2,1H3,(H,21,22). The summed E-state index contributed by atoms with van der Waals surface area (Å²) in [5.41, 5.74) is 2.70. The normalized spacial score (nSPS) is 10.3. The Bertz CT molecular complexity index is 667. The number of benzene rings is 2. The molecule has 2 aromatic rings. The zero-order valence-corrected chi connectivity index (χ0v) is 13.2. The lowest BCUT2D eigenvalue weighted by atomic mass is 10.1. The summed E-state index contributed by atoms with van der Waals surface area (Å²) in [4.78, 5) is 25.2. The fourth-order valence-corrected chi connectivity index (χ4v) is 2.44. The van der Waals surface area contributed by atoms with Crippen LogP contribution in [0.25, 0.3) is 0 Å². The van der Waals surface area contributed by atoms with Crippen molar-refractivity contribution in [3.63, 3.8) is 0 Å². The second-order valence-electron chi connectivity index (χ2n) is 5.58. The van der Waals surface area contributed by atoms with Gasteiger partial charge in [0.1, 0.15) is 0 Å². The van der Waals surface area contributed by atoms with Crippen molar-refractivity contribution in [3.8, 4) is 0 Å². The molecule has 0 heterocycles. The monoisotopic (exact) mass is 311 g/mol. The molecule has 0 atom stereocenters. The zero-order valence-electron chi connectivity index (χ0n) is 13.2. The fourth-order valence-electron chi connectivity index (χ4n) is 2.44. The number of carboxylic acids is 1. The molecule has 4 heteroatoms. The fraction of sp³-hybridized carbons (Fsp3) is 0.263. The number of hydrogen-bond donors (Lipinski definition) is 1. The maximum atomic E-state index is 12.8. The molecule has 0 unspecified atom stereocenters. The van der Waals surface area contributed by atoms with E-state index in [0.717, 1.165) is 11.1 Å². The molecule has 0 aliphatic heterocycles. The van der Waals surface area contributed by atoms with Gasteiger partial charge in [-0.15, -0.1) is 0 Å². The molecular formula is C19H21NO3. The molecule has 0 fully saturated rings. The number of hydrogen-bond acceptors (Lipinski definition) is 2. The van der Waals surface area contributed by atoms with Gasteiger partial charge >= 0.3 is 5.97 Å². The van der Waals surface area contributed by atoms with Crippen molar-refractivity contribution in [3.05, 3.63) is 71.3 Å². The molecule has 2 rings (SSSR count). The van der Waals surface area contributed by atoms with Gasteiger partial charge in [0.25, 0.3) is 5.91 Å². The third kappa shape index (κ3) is 5.25. The number of carboxylic acid groups (broad SMARTS) is 1. The highest BCUT2D eigenvalue weighted by atomic mass is 16.4. The Morgan fingerprint density at radius 2 is 1.78 bits per heavy atom. The van der Waals surface area contributed by atoms with Crippen LogP contribution in [0, 0.1) is 6.92 Å². The van der Waals surface area contributed by atoms with Crippen molar-refractivity contribution in [2.24, 2.45) is 0 Å². The first-order valence-electron chi connectivity index (χ1n) is 7.68. The van der Waals surface area contributed by atoms with Crippen molar-refractivity contribution >= 4 is 11.9 Å². The third-order valence-electron chi connectivity index (χ3n) is 3.59. The van der Waals surface area contributed by atoms with Gasteiger partial charge in [0, 0.05) is 25.1 Å². The Kier molecular flexibility index (Phi) is 5.92. The van der Waals surface area contributed by atoms with Crippen molar-refractivity contribution < 1.29 is 14.7 Å². The van der Waals surface area contributed by atoms with Crippen molar-refractivity contribution in [1.82, 2.24) is 4.90 Å². The summed E-state index contributed by atoms with van der Waals surface area (Å²) < 4.78 is 0. The summed E-state index contributed by atoms with van der Waals surface area (Å²) in [6.07, 6.45) is 0.506. The topological polar surface area (TPSA) is 57.6 Å². The molecule has 0 saturated carbocycles. The van der Waals surface area contributed by atoms with Gasteiger partial charge in [0.15, 0.2) is 0 Å². The molecule has 0 aromatic heterocycles. The van der Waals surface area contributed by atoms with Crippen molar-refractivity contribution in [1.29, 1.82) is 0 Å². The maximum Gasteiger partial charge on any atom is 0.303 e. The largest absolute Gasteiger partial charge is 0.481 e. The minimum atomic E-state index is -0.840. The van der Waals surface area contributed by atoms with Crippen LogP contribution in [0.2, 0.25) is 0 Å². The lowest BCUT2D eigenvalue weighted by Gasteiger charge is -2.23. The summed E-state index contributed by atoms with van der Waals surface area (Å²) in [6.45, 7) is 2.85. The third-order valence-corrected chi connectivity index (χ3v) is 3.59. The summed E-state index contributed by atoms with van der Waals surface area (Å²) in [5.74, 6) is -0.907. The molecule has 4 nitrogen and oxygen atoms in total. The van der Waals surface area contributed by atoms with E-state index >= 15 is 0 Å². The second kappa shape index (κ2) is 8.13. The predicted octanol–water partition coefficient (Wildman–Crippen LogP) is 3.50. The molecule has 0 aliphatic carbocycles. The molecule has 0 aliphatic rings. The van der Waals surface area contributed by atoms with Crippen molar-refractivity contribution in [2.45, 2.75) is 26.3 Å². The second-order valence-corrected chi connectivity index (χ2v) is 5.58. The lowest BCUT2D eigenvalue weighted by Crippen LogP contribution is -2.31. The number of nitrogens with zero attached hydrogens (tertiary/aromatic N) is 1. The summed E-state index contributed by atoms with van der Waals surface area (Å²) in [5, 5.41) is 8.80. The Balaban J connectivity index is 2.14. The van der Waals surface area contributed by atoms with Crippen LogP contribution in [-0.4, -0.2) is 28.4 Å². The van der Waals surface area contributed by atoms with Crippen LogP contribution in [-0.2, 0) is 11.3 Å². The van der Waals surface area contributed by atoms with E-state index in [-0.39, 0.29) is 12.3 Å². The van der Waals surface area contributed by atoms with Crippen LogP contribution < -0.4 is 0 Å². The number of aryl methyl sites for hydroxylation is 1. The maximum absolute atomic E-state index is 12.8. The number of aliphatic carboxylic acids is 1. The molecular weight excluding hydrogens is 290 g/mol. The van der Waals surface area contributed by atoms with E-state index < -0.39 is 5.97 Å². The van der Waals surface area contributed by atoms with Gasteiger partial charge in [-0.3, -0.25) is 9.59 Å². The molecule has 1 amide bonds. The van der Waals surface area contributed by atoms with Crippen LogP contribution in [0.3, 0.4) is 0 Å². The highest BCUT2D eigenvalue weighted by Gasteiger charge is 2.16. The Labute approximate surface area is 136 Å². The van der Waals surface area contributed by atoms with E-state index in [2.05, 4.69) is 0 Å². The first-order valence-corrected chi connectivity index (χ1v) is 7.68. The Morgan fingerprint density at radius 3 is 2.43 bits per heavy atom. The molecule has 0 radical (unpaired) electrons. The van der Waals surface area contributed by atoms with Crippen LogP contribution in [0.1, 0.15) is 34.3 Å². The summed E-state index contributed by atoms with van der Waals surface area (Å²) in [6, 6.07) is 17.2. The smallest absolute Gasteiger partial charge is 0.303 e. The van der Waals surface area contributed by atoms with E-state index in [4.69, 9.17) is 5.11 Å². The number of rotatable bonds is 7. The highest BCUT2D eigenvalue weighted by molar-refractivity contribution is 5.94. The minimum Gasteiger partial charge on any atom is -0.481 e. The van der Waals surface area contributed by atoms with Gasteiger partial charge in [-0.1, -0.05) is 48.0 Å². The average Bonchev–Trinajstić information content (AvgIpc) is 2.54. The number of amides is 1. The first kappa shape index (κ1) is 16.7. The zero-order chi connectivity index (χ0) is 16.7. The molecule has 0 spiro atoms. The van der Waals surface area contributed by atoms with Crippen molar-refractivity contribution in [2.75, 3.05) is 6.54 Å². The summed E-state index contributed by atoms with van der Waals surface area (Å²) >= 11 is 0.